The number of aliphatic hydroxyl groups is 3. The van der Waals surface area contributed by atoms with Gasteiger partial charge in [0.25, 0.3) is 5.56 Å². The molecule has 0 aliphatic carbocycles. The molecule has 74 heavy (non-hydrogen) atoms. The molecule has 0 saturated carbocycles. The van der Waals surface area contributed by atoms with Gasteiger partial charge < -0.3 is 82.0 Å². The largest absolute Gasteiger partial charge is 0.480 e. The van der Waals surface area contributed by atoms with Crippen LogP contribution < -0.4 is 49.3 Å². The predicted octanol–water partition coefficient (Wildman–Crippen LogP) is -3.06. The molecule has 3 aliphatic heterocycles. The highest BCUT2D eigenvalue weighted by Gasteiger charge is 2.54. The minimum absolute atomic E-state index is 0.00397. The number of rotatable bonds is 31. The van der Waals surface area contributed by atoms with Gasteiger partial charge in [0.15, 0.2) is 18.5 Å². The smallest absolute Gasteiger partial charge is 0.330 e. The number of methoxy groups -OCH3 is 1. The number of aromatic amines is 1. The van der Waals surface area contributed by atoms with Gasteiger partial charge in [-0.15, -0.1) is 0 Å². The molecule has 27 nitrogen and oxygen atoms in total. The van der Waals surface area contributed by atoms with Crippen LogP contribution in [-0.4, -0.2) is 189 Å². The van der Waals surface area contributed by atoms with E-state index in [1.165, 1.54) is 7.11 Å². The number of carbonyl (C=O) groups excluding carboxylic acids is 3. The summed E-state index contributed by atoms with van der Waals surface area (Å²) in [7, 11) is 1.24. The SMILES string of the molecule is CO[C@H]1[C@H](O[C@H]([C@H]2O[C@@H](n3ccc(=O)[nH]c3=O)[C@H](O)[C@@H]2O)[C@H](NCCCNC(=O)[C@@H](NC(=O)[C@@H](N[C@H](C(=O)O)C(C)C)[C@@H]2CCN=C(N)N2)[C@@H](OC(=O)CCCCCCC(C)C)C(C)C)C(=O)O)O[C@H](CN)[C@H]1O. The molecule has 4 rings (SSSR count). The number of carboxylic acid groups (broad SMARTS) is 2. The number of nitrogens with zero attached hydrogens (tertiary/aromatic N) is 2. The number of aliphatic hydroxyl groups excluding tert-OH is 3. The Balaban J connectivity index is 1.58. The number of esters is 1. The standard InChI is InChI=1S/C47H80N10O17/c1-22(2)13-10-8-9-11-14-28(59)72-36(24(5)6)31(56-41(64)30(25-15-19-52-46(49)53-25)55-29(23(3)4)43(65)66)40(63)51-18-12-17-50-32(44(67)68)37(74-45-39(70-7)33(60)26(21-48)71-45)38-34(61)35(62)42(73-38)57-20-16-27(58)54-47(57)69/h16,20,22-26,29-39,42,45,50,55,60-62H,8-15,17-19,21,48H2,1-7H3,(H,51,63)(H,56,64)(H,65,66)(H,67,68)(H3,49,52,53)(H,54,58,69)/t25-,26+,29-,30-,31-,32-,33+,34-,35+,36-,37-,38-,39+,42+,45-/m0/s1. The second-order valence-electron chi connectivity index (χ2n) is 20.0. The number of carboxylic acids is 2. The third-order valence-corrected chi connectivity index (χ3v) is 13.2. The Morgan fingerprint density at radius 1 is 0.878 bits per heavy atom. The van der Waals surface area contributed by atoms with Gasteiger partial charge in [0, 0.05) is 45.4 Å². The Kier molecular flexibility index (Phi) is 24.3. The summed E-state index contributed by atoms with van der Waals surface area (Å²) in [5.74, 6) is -5.40. The molecule has 0 radical (unpaired) electrons. The van der Waals surface area contributed by atoms with Gasteiger partial charge in [0.1, 0.15) is 73.0 Å². The average molecular weight is 1060 g/mol. The molecule has 0 unspecified atom stereocenters. The maximum Gasteiger partial charge on any atom is 0.330 e. The number of nitrogens with one attached hydrogen (secondary N) is 6. The van der Waals surface area contributed by atoms with Gasteiger partial charge in [-0.1, -0.05) is 67.2 Å². The Morgan fingerprint density at radius 3 is 2.16 bits per heavy atom. The number of amides is 2. The monoisotopic (exact) mass is 1060 g/mol. The van der Waals surface area contributed by atoms with E-state index in [4.69, 9.17) is 35.2 Å². The van der Waals surface area contributed by atoms with Crippen molar-refractivity contribution in [2.45, 2.75) is 184 Å². The summed E-state index contributed by atoms with van der Waals surface area (Å²) in [4.78, 5) is 98.4. The van der Waals surface area contributed by atoms with Crippen LogP contribution >= 0.6 is 0 Å². The van der Waals surface area contributed by atoms with Gasteiger partial charge in [0.2, 0.25) is 11.8 Å². The minimum Gasteiger partial charge on any atom is -0.480 e. The van der Waals surface area contributed by atoms with Crippen molar-refractivity contribution in [3.05, 3.63) is 33.1 Å². The van der Waals surface area contributed by atoms with Gasteiger partial charge in [-0.05, 0) is 43.6 Å². The number of H-pyrrole nitrogens is 1. The van der Waals surface area contributed by atoms with Gasteiger partial charge in [-0.25, -0.2) is 4.79 Å². The summed E-state index contributed by atoms with van der Waals surface area (Å²) in [6.45, 7) is 10.7. The molecule has 15 N–H and O–H groups in total. The van der Waals surface area contributed by atoms with E-state index in [-0.39, 0.29) is 51.4 Å². The molecule has 0 bridgehead atoms. The number of nitrogens with two attached hydrogens (primary N) is 2. The molecule has 0 spiro atoms. The predicted molar refractivity (Wildman–Crippen MR) is 264 cm³/mol. The van der Waals surface area contributed by atoms with Crippen LogP contribution in [0.3, 0.4) is 0 Å². The maximum absolute atomic E-state index is 14.5. The van der Waals surface area contributed by atoms with Crippen LogP contribution in [0, 0.1) is 17.8 Å². The summed E-state index contributed by atoms with van der Waals surface area (Å²) in [5.41, 5.74) is 10.00. The number of unbranched alkanes of at least 4 members (excludes halogenated alkanes) is 3. The van der Waals surface area contributed by atoms with Crippen molar-refractivity contribution in [3.8, 4) is 0 Å². The van der Waals surface area contributed by atoms with E-state index in [0.717, 1.165) is 42.5 Å². The summed E-state index contributed by atoms with van der Waals surface area (Å²) in [6.07, 6.45) is -9.58. The van der Waals surface area contributed by atoms with Gasteiger partial charge in [0.05, 0.1) is 6.04 Å². The highest BCUT2D eigenvalue weighted by atomic mass is 16.7. The lowest BCUT2D eigenvalue weighted by Crippen LogP contribution is -2.66. The lowest BCUT2D eigenvalue weighted by atomic mass is 9.95. The summed E-state index contributed by atoms with van der Waals surface area (Å²) < 4.78 is 30.0. The first-order chi connectivity index (χ1) is 35.0. The first-order valence-electron chi connectivity index (χ1n) is 25.3. The van der Waals surface area contributed by atoms with E-state index >= 15 is 0 Å². The molecule has 1 aromatic rings. The molecule has 2 amide bonds. The highest BCUT2D eigenvalue weighted by molar-refractivity contribution is 5.92. The fourth-order valence-corrected chi connectivity index (χ4v) is 9.10. The van der Waals surface area contributed by atoms with Crippen molar-refractivity contribution in [1.29, 1.82) is 0 Å². The average Bonchev–Trinajstić information content (AvgIpc) is 3.80. The summed E-state index contributed by atoms with van der Waals surface area (Å²) in [5, 5.41) is 68.2. The summed E-state index contributed by atoms with van der Waals surface area (Å²) >= 11 is 0. The molecule has 4 heterocycles. The number of aliphatic imine (C=N–C) groups is 1. The van der Waals surface area contributed by atoms with Gasteiger partial charge >= 0.3 is 23.6 Å². The van der Waals surface area contributed by atoms with E-state index in [2.05, 4.69) is 45.4 Å². The van der Waals surface area contributed by atoms with E-state index in [1.807, 2.05) is 4.98 Å². The van der Waals surface area contributed by atoms with E-state index in [1.54, 1.807) is 27.7 Å². The number of aromatic nitrogens is 2. The van der Waals surface area contributed by atoms with Crippen molar-refractivity contribution < 1.29 is 73.2 Å². The van der Waals surface area contributed by atoms with Crippen LogP contribution in [0.2, 0.25) is 0 Å². The first-order valence-corrected chi connectivity index (χ1v) is 25.3. The second-order valence-corrected chi connectivity index (χ2v) is 20.0. The van der Waals surface area contributed by atoms with Crippen LogP contribution in [0.4, 0.5) is 0 Å². The first kappa shape index (κ1) is 61.4. The normalized spacial score (nSPS) is 26.4. The van der Waals surface area contributed by atoms with E-state index < -0.39 is 144 Å². The fraction of sp³-hybridized carbons (Fsp3) is 0.787. The number of hydrogen-bond acceptors (Lipinski definition) is 21. The van der Waals surface area contributed by atoms with Crippen LogP contribution in [0.25, 0.3) is 0 Å². The molecular weight excluding hydrogens is 977 g/mol. The third kappa shape index (κ3) is 17.0. The number of carbonyl (C=O) groups is 5. The number of hydrogen-bond donors (Lipinski definition) is 13. The number of ether oxygens (including phenoxy) is 5. The van der Waals surface area contributed by atoms with Crippen LogP contribution in [0.1, 0.15) is 99.1 Å². The van der Waals surface area contributed by atoms with Crippen molar-refractivity contribution in [2.24, 2.45) is 34.2 Å². The third-order valence-electron chi connectivity index (χ3n) is 13.2. The van der Waals surface area contributed by atoms with Gasteiger partial charge in [-0.2, -0.15) is 0 Å². The van der Waals surface area contributed by atoms with Crippen molar-refractivity contribution in [3.63, 3.8) is 0 Å². The maximum atomic E-state index is 14.5. The lowest BCUT2D eigenvalue weighted by molar-refractivity contribution is -0.231. The molecule has 2 fully saturated rings. The van der Waals surface area contributed by atoms with Crippen LogP contribution in [-0.2, 0) is 47.7 Å². The van der Waals surface area contributed by atoms with Crippen LogP contribution in [0.15, 0.2) is 26.8 Å². The lowest BCUT2D eigenvalue weighted by Gasteiger charge is -2.35. The van der Waals surface area contributed by atoms with Crippen molar-refractivity contribution >= 4 is 35.7 Å². The molecule has 1 aromatic heterocycles. The molecule has 2 saturated heterocycles. The van der Waals surface area contributed by atoms with Crippen LogP contribution in [0.5, 0.6) is 0 Å². The zero-order chi connectivity index (χ0) is 55.0. The second kappa shape index (κ2) is 29.3. The Labute approximate surface area is 429 Å². The Hall–Kier alpha value is -5.10. The topological polar surface area (TPSA) is 412 Å². The zero-order valence-corrected chi connectivity index (χ0v) is 43.2. The molecular formula is C47H80N10O17. The number of guanidine groups is 1. The van der Waals surface area contributed by atoms with Gasteiger partial charge in [-0.3, -0.25) is 48.6 Å². The molecule has 27 heteroatoms. The molecule has 3 aliphatic rings. The molecule has 0 aromatic carbocycles. The zero-order valence-electron chi connectivity index (χ0n) is 43.2. The highest BCUT2D eigenvalue weighted by Crippen LogP contribution is 2.35. The quantitative estimate of drug-likeness (QED) is 0.0259. The van der Waals surface area contributed by atoms with Crippen molar-refractivity contribution in [1.82, 2.24) is 36.1 Å². The van der Waals surface area contributed by atoms with E-state index in [9.17, 15) is 59.1 Å². The Morgan fingerprint density at radius 2 is 1.57 bits per heavy atom. The minimum atomic E-state index is -1.91. The van der Waals surface area contributed by atoms with E-state index in [0.29, 0.717) is 12.3 Å². The fourth-order valence-electron chi connectivity index (χ4n) is 9.10. The number of aliphatic carboxylic acids is 2. The molecule has 15 atom stereocenters. The summed E-state index contributed by atoms with van der Waals surface area (Å²) in [6, 6.07) is -5.61. The Bertz CT molecular complexity index is 2140. The van der Waals surface area contributed by atoms with Crippen molar-refractivity contribution in [2.75, 3.05) is 33.3 Å². The molecule has 420 valence electrons.